The minimum Gasteiger partial charge on any atom is -0.348 e. The van der Waals surface area contributed by atoms with E-state index < -0.39 is 0 Å². The Hall–Kier alpha value is -1.92. The van der Waals surface area contributed by atoms with Crippen LogP contribution in [0.3, 0.4) is 0 Å². The predicted octanol–water partition coefficient (Wildman–Crippen LogP) is 5.22. The second-order valence-corrected chi connectivity index (χ2v) is 8.54. The van der Waals surface area contributed by atoms with Gasteiger partial charge < -0.3 is 10.2 Å². The molecule has 0 radical (unpaired) electrons. The highest BCUT2D eigenvalue weighted by Crippen LogP contribution is 2.31. The number of halogens is 1. The Morgan fingerprint density at radius 1 is 1.23 bits per heavy atom. The summed E-state index contributed by atoms with van der Waals surface area (Å²) < 4.78 is 2.27. The summed E-state index contributed by atoms with van der Waals surface area (Å²) in [6.45, 7) is 3.77. The summed E-state index contributed by atoms with van der Waals surface area (Å²) in [4.78, 5) is 19.6. The summed E-state index contributed by atoms with van der Waals surface area (Å²) in [5, 5.41) is 4.13. The van der Waals surface area contributed by atoms with Gasteiger partial charge in [-0.1, -0.05) is 39.4 Å². The predicted molar refractivity (Wildman–Crippen MR) is 112 cm³/mol. The molecule has 0 bridgehead atoms. The van der Waals surface area contributed by atoms with Crippen LogP contribution in [0.1, 0.15) is 18.4 Å². The van der Waals surface area contributed by atoms with Crippen LogP contribution in [0.15, 0.2) is 46.9 Å². The van der Waals surface area contributed by atoms with Crippen LogP contribution in [0.5, 0.6) is 0 Å². The van der Waals surface area contributed by atoms with Crippen LogP contribution < -0.4 is 10.2 Å². The summed E-state index contributed by atoms with van der Waals surface area (Å²) in [5.74, 6) is 0.181. The van der Waals surface area contributed by atoms with E-state index in [-0.39, 0.29) is 11.8 Å². The molecule has 1 fully saturated rings. The highest BCUT2D eigenvalue weighted by molar-refractivity contribution is 9.10. The van der Waals surface area contributed by atoms with E-state index in [1.54, 1.807) is 11.3 Å². The van der Waals surface area contributed by atoms with Gasteiger partial charge in [0, 0.05) is 29.2 Å². The van der Waals surface area contributed by atoms with E-state index in [0.29, 0.717) is 0 Å². The summed E-state index contributed by atoms with van der Waals surface area (Å²) in [5.41, 5.74) is 3.04. The molecule has 1 amide bonds. The Balaban J connectivity index is 1.38. The Morgan fingerprint density at radius 2 is 2.00 bits per heavy atom. The van der Waals surface area contributed by atoms with E-state index in [9.17, 15) is 4.79 Å². The van der Waals surface area contributed by atoms with Gasteiger partial charge in [-0.3, -0.25) is 4.79 Å². The standard InChI is InChI=1S/C20H20BrN3OS/c1-13-12-15(6-7-16(13)21)22-19(25)14-8-10-24(11-9-14)20-23-17-4-2-3-5-18(17)26-20/h2-7,12,14H,8-11H2,1H3,(H,22,25). The number of hydrogen-bond donors (Lipinski definition) is 1. The highest BCUT2D eigenvalue weighted by atomic mass is 79.9. The number of hydrogen-bond acceptors (Lipinski definition) is 4. The average molecular weight is 430 g/mol. The molecule has 1 N–H and O–H groups in total. The maximum Gasteiger partial charge on any atom is 0.227 e. The number of carbonyl (C=O) groups excluding carboxylic acids is 1. The zero-order valence-corrected chi connectivity index (χ0v) is 16.9. The molecular weight excluding hydrogens is 410 g/mol. The summed E-state index contributed by atoms with van der Waals surface area (Å²) in [6, 6.07) is 14.1. The number of aromatic nitrogens is 1. The number of nitrogens with one attached hydrogen (secondary N) is 1. The molecule has 1 aliphatic heterocycles. The maximum atomic E-state index is 12.6. The largest absolute Gasteiger partial charge is 0.348 e. The van der Waals surface area contributed by atoms with E-state index >= 15 is 0 Å². The van der Waals surface area contributed by atoms with E-state index in [4.69, 9.17) is 4.98 Å². The van der Waals surface area contributed by atoms with E-state index in [1.807, 2.05) is 37.3 Å². The van der Waals surface area contributed by atoms with Crippen molar-refractivity contribution in [2.45, 2.75) is 19.8 Å². The number of aryl methyl sites for hydroxylation is 1. The molecule has 6 heteroatoms. The second kappa shape index (κ2) is 7.37. The van der Waals surface area contributed by atoms with Crippen molar-refractivity contribution >= 4 is 54.2 Å². The molecule has 26 heavy (non-hydrogen) atoms. The van der Waals surface area contributed by atoms with E-state index in [1.165, 1.54) is 4.70 Å². The molecule has 0 saturated carbocycles. The molecule has 0 spiro atoms. The fourth-order valence-electron chi connectivity index (χ4n) is 3.30. The first-order valence-corrected chi connectivity index (χ1v) is 10.4. The lowest BCUT2D eigenvalue weighted by atomic mass is 9.96. The van der Waals surface area contributed by atoms with Crippen molar-refractivity contribution < 1.29 is 4.79 Å². The zero-order chi connectivity index (χ0) is 18.1. The van der Waals surface area contributed by atoms with Crippen LogP contribution in [-0.4, -0.2) is 24.0 Å². The van der Waals surface area contributed by atoms with Gasteiger partial charge in [0.2, 0.25) is 5.91 Å². The van der Waals surface area contributed by atoms with Gasteiger partial charge in [0.05, 0.1) is 10.2 Å². The highest BCUT2D eigenvalue weighted by Gasteiger charge is 2.26. The molecule has 2 aromatic carbocycles. The summed E-state index contributed by atoms with van der Waals surface area (Å²) >= 11 is 5.22. The number of rotatable bonds is 3. The van der Waals surface area contributed by atoms with Crippen molar-refractivity contribution in [2.24, 2.45) is 5.92 Å². The maximum absolute atomic E-state index is 12.6. The number of piperidine rings is 1. The number of nitrogens with zero attached hydrogens (tertiary/aromatic N) is 2. The van der Waals surface area contributed by atoms with E-state index in [0.717, 1.165) is 52.3 Å². The number of fused-ring (bicyclic) bond motifs is 1. The van der Waals surface area contributed by atoms with Gasteiger partial charge in [0.25, 0.3) is 0 Å². The molecule has 0 atom stereocenters. The molecule has 0 unspecified atom stereocenters. The molecule has 1 aromatic heterocycles. The number of amides is 1. The van der Waals surface area contributed by atoms with Gasteiger partial charge in [0.15, 0.2) is 5.13 Å². The lowest BCUT2D eigenvalue weighted by molar-refractivity contribution is -0.120. The second-order valence-electron chi connectivity index (χ2n) is 6.68. The zero-order valence-electron chi connectivity index (χ0n) is 14.5. The van der Waals surface area contributed by atoms with Crippen LogP contribution in [0.2, 0.25) is 0 Å². The smallest absolute Gasteiger partial charge is 0.227 e. The minimum absolute atomic E-state index is 0.0598. The Labute approximate surface area is 165 Å². The third-order valence-electron chi connectivity index (χ3n) is 4.84. The van der Waals surface area contributed by atoms with Crippen molar-refractivity contribution in [3.63, 3.8) is 0 Å². The topological polar surface area (TPSA) is 45.2 Å². The number of para-hydroxylation sites is 1. The molecule has 4 nitrogen and oxygen atoms in total. The molecule has 0 aliphatic carbocycles. The number of benzene rings is 2. The van der Waals surface area contributed by atoms with E-state index in [2.05, 4.69) is 38.3 Å². The first kappa shape index (κ1) is 17.5. The van der Waals surface area contributed by atoms with Crippen molar-refractivity contribution in [2.75, 3.05) is 23.3 Å². The van der Waals surface area contributed by atoms with Crippen molar-refractivity contribution in [3.05, 3.63) is 52.5 Å². The SMILES string of the molecule is Cc1cc(NC(=O)C2CCN(c3nc4ccccc4s3)CC2)ccc1Br. The number of carbonyl (C=O) groups is 1. The van der Waals surface area contributed by atoms with Gasteiger partial charge in [-0.15, -0.1) is 0 Å². The first-order chi connectivity index (χ1) is 12.6. The van der Waals surface area contributed by atoms with Gasteiger partial charge in [0.1, 0.15) is 0 Å². The number of anilines is 2. The fraction of sp³-hybridized carbons (Fsp3) is 0.300. The normalized spacial score (nSPS) is 15.4. The lowest BCUT2D eigenvalue weighted by Crippen LogP contribution is -2.38. The van der Waals surface area contributed by atoms with Crippen LogP contribution in [0.4, 0.5) is 10.8 Å². The van der Waals surface area contributed by atoms with Crippen LogP contribution in [0.25, 0.3) is 10.2 Å². The van der Waals surface area contributed by atoms with Crippen LogP contribution in [0, 0.1) is 12.8 Å². The molecular formula is C20H20BrN3OS. The lowest BCUT2D eigenvalue weighted by Gasteiger charge is -2.31. The van der Waals surface area contributed by atoms with Crippen molar-refractivity contribution in [1.29, 1.82) is 0 Å². The van der Waals surface area contributed by atoms with Gasteiger partial charge >= 0.3 is 0 Å². The fourth-order valence-corrected chi connectivity index (χ4v) is 4.56. The number of thiazole rings is 1. The van der Waals surface area contributed by atoms with Crippen molar-refractivity contribution in [3.8, 4) is 0 Å². The molecule has 4 rings (SSSR count). The Morgan fingerprint density at radius 3 is 2.73 bits per heavy atom. The van der Waals surface area contributed by atoms with Gasteiger partial charge in [-0.25, -0.2) is 4.98 Å². The first-order valence-electron chi connectivity index (χ1n) is 8.78. The monoisotopic (exact) mass is 429 g/mol. The van der Waals surface area contributed by atoms with Gasteiger partial charge in [-0.2, -0.15) is 0 Å². The quantitative estimate of drug-likeness (QED) is 0.620. The summed E-state index contributed by atoms with van der Waals surface area (Å²) in [7, 11) is 0. The molecule has 1 aliphatic rings. The average Bonchev–Trinajstić information content (AvgIpc) is 3.09. The third kappa shape index (κ3) is 3.62. The van der Waals surface area contributed by atoms with Gasteiger partial charge in [-0.05, 0) is 55.7 Å². The minimum atomic E-state index is 0.0598. The third-order valence-corrected chi connectivity index (χ3v) is 6.83. The molecule has 1 saturated heterocycles. The van der Waals surface area contributed by atoms with Crippen molar-refractivity contribution in [1.82, 2.24) is 4.98 Å². The Kier molecular flexibility index (Phi) is 4.96. The van der Waals surface area contributed by atoms with Crippen LogP contribution in [-0.2, 0) is 4.79 Å². The molecule has 2 heterocycles. The molecule has 3 aromatic rings. The molecule has 134 valence electrons. The summed E-state index contributed by atoms with van der Waals surface area (Å²) in [6.07, 6.45) is 1.72. The Bertz CT molecular complexity index is 914. The van der Waals surface area contributed by atoms with Crippen LogP contribution >= 0.6 is 27.3 Å².